The first kappa shape index (κ1) is 18.4. The molecule has 1 aromatic heterocycles. The second kappa shape index (κ2) is 7.59. The van der Waals surface area contributed by atoms with Crippen LogP contribution in [0.5, 0.6) is 11.5 Å². The van der Waals surface area contributed by atoms with Gasteiger partial charge in [-0.05, 0) is 55.3 Å². The second-order valence-electron chi connectivity index (χ2n) is 6.67. The van der Waals surface area contributed by atoms with E-state index in [0.717, 1.165) is 45.4 Å². The van der Waals surface area contributed by atoms with E-state index >= 15 is 0 Å². The summed E-state index contributed by atoms with van der Waals surface area (Å²) in [5, 5.41) is 2.74. The number of nitrogens with one attached hydrogen (secondary N) is 2. The van der Waals surface area contributed by atoms with Gasteiger partial charge in [-0.15, -0.1) is 0 Å². The molecule has 1 fully saturated rings. The molecule has 144 valence electrons. The summed E-state index contributed by atoms with van der Waals surface area (Å²) < 4.78 is 11.3. The zero-order chi connectivity index (χ0) is 19.7. The monoisotopic (exact) mass is 396 g/mol. The van der Waals surface area contributed by atoms with Gasteiger partial charge in [0.05, 0.1) is 18.1 Å². The Morgan fingerprint density at radius 3 is 2.50 bits per heavy atom. The molecule has 2 amide bonds. The Morgan fingerprint density at radius 2 is 1.82 bits per heavy atom. The number of thioether (sulfide) groups is 1. The van der Waals surface area contributed by atoms with E-state index in [4.69, 9.17) is 9.47 Å². The lowest BCUT2D eigenvalue weighted by molar-refractivity contribution is -0.118. The SMILES string of the molecule is COc1ccc2[nH]c(C(C)Oc3ccc(CC4SC(=O)NC4=O)cc3)cc2c1. The number of imide groups is 1. The third kappa shape index (κ3) is 3.84. The highest BCUT2D eigenvalue weighted by Crippen LogP contribution is 2.28. The number of ether oxygens (including phenoxy) is 2. The molecule has 0 bridgehead atoms. The number of fused-ring (bicyclic) bond motifs is 1. The summed E-state index contributed by atoms with van der Waals surface area (Å²) in [7, 11) is 1.65. The maximum Gasteiger partial charge on any atom is 0.286 e. The number of aromatic nitrogens is 1. The number of benzene rings is 2. The summed E-state index contributed by atoms with van der Waals surface area (Å²) in [6.45, 7) is 1.99. The van der Waals surface area contributed by atoms with Crippen LogP contribution in [0.1, 0.15) is 24.3 Å². The van der Waals surface area contributed by atoms with Crippen LogP contribution in [0.15, 0.2) is 48.5 Å². The largest absolute Gasteiger partial charge is 0.497 e. The van der Waals surface area contributed by atoms with E-state index in [2.05, 4.69) is 16.4 Å². The summed E-state index contributed by atoms with van der Waals surface area (Å²) >= 11 is 1.04. The number of methoxy groups -OCH3 is 1. The summed E-state index contributed by atoms with van der Waals surface area (Å²) in [5.74, 6) is 1.34. The van der Waals surface area contributed by atoms with E-state index in [1.165, 1.54) is 0 Å². The van der Waals surface area contributed by atoms with Gasteiger partial charge in [0.25, 0.3) is 5.24 Å². The minimum atomic E-state index is -0.360. The van der Waals surface area contributed by atoms with Crippen LogP contribution in [0.2, 0.25) is 0 Å². The van der Waals surface area contributed by atoms with Crippen molar-refractivity contribution in [1.82, 2.24) is 10.3 Å². The molecule has 2 heterocycles. The zero-order valence-corrected chi connectivity index (χ0v) is 16.3. The number of amides is 2. The maximum absolute atomic E-state index is 11.7. The Labute approximate surface area is 166 Å². The molecule has 1 aliphatic rings. The molecule has 1 aliphatic heterocycles. The summed E-state index contributed by atoms with van der Waals surface area (Å²) in [6.07, 6.45) is 0.361. The van der Waals surface area contributed by atoms with Crippen LogP contribution in [0.25, 0.3) is 10.9 Å². The van der Waals surface area contributed by atoms with Gasteiger partial charge < -0.3 is 14.5 Å². The summed E-state index contributed by atoms with van der Waals surface area (Å²) in [6, 6.07) is 15.6. The van der Waals surface area contributed by atoms with E-state index < -0.39 is 0 Å². The minimum absolute atomic E-state index is 0.155. The van der Waals surface area contributed by atoms with Gasteiger partial charge in [0.2, 0.25) is 5.91 Å². The van der Waals surface area contributed by atoms with Gasteiger partial charge >= 0.3 is 0 Å². The zero-order valence-electron chi connectivity index (χ0n) is 15.5. The number of hydrogen-bond acceptors (Lipinski definition) is 5. The Bertz CT molecular complexity index is 1030. The highest BCUT2D eigenvalue weighted by atomic mass is 32.2. The Morgan fingerprint density at radius 1 is 1.07 bits per heavy atom. The first-order valence-electron chi connectivity index (χ1n) is 8.95. The van der Waals surface area contributed by atoms with Gasteiger partial charge in [-0.2, -0.15) is 0 Å². The van der Waals surface area contributed by atoms with Gasteiger partial charge in [-0.3, -0.25) is 14.9 Å². The molecule has 2 unspecified atom stereocenters. The van der Waals surface area contributed by atoms with Crippen molar-refractivity contribution in [2.45, 2.75) is 24.7 Å². The van der Waals surface area contributed by atoms with Crippen molar-refractivity contribution in [2.24, 2.45) is 0 Å². The van der Waals surface area contributed by atoms with Gasteiger partial charge in [-0.25, -0.2) is 0 Å². The fraction of sp³-hybridized carbons (Fsp3) is 0.238. The first-order valence-corrected chi connectivity index (χ1v) is 9.83. The molecule has 0 saturated carbocycles. The normalized spacial score (nSPS) is 17.6. The standard InChI is InChI=1S/C21H20N2O4S/c1-12(18-11-14-10-16(26-2)7-8-17(14)22-18)27-15-5-3-13(4-6-15)9-19-20(24)23-21(25)28-19/h3-8,10-12,19,22H,9H2,1-2H3,(H,23,24,25). The molecule has 4 rings (SSSR count). The van der Waals surface area contributed by atoms with E-state index in [0.29, 0.717) is 6.42 Å². The molecule has 7 heteroatoms. The maximum atomic E-state index is 11.7. The van der Waals surface area contributed by atoms with E-state index in [-0.39, 0.29) is 22.5 Å². The molecule has 2 atom stereocenters. The van der Waals surface area contributed by atoms with Crippen molar-refractivity contribution in [2.75, 3.05) is 7.11 Å². The number of H-pyrrole nitrogens is 1. The summed E-state index contributed by atoms with van der Waals surface area (Å²) in [5.41, 5.74) is 2.99. The highest BCUT2D eigenvalue weighted by Gasteiger charge is 2.31. The lowest BCUT2D eigenvalue weighted by Gasteiger charge is -2.14. The number of carbonyl (C=O) groups excluding carboxylic acids is 2. The predicted molar refractivity (Wildman–Crippen MR) is 109 cm³/mol. The molecular weight excluding hydrogens is 376 g/mol. The van der Waals surface area contributed by atoms with Gasteiger partial charge in [-0.1, -0.05) is 23.9 Å². The molecule has 0 aliphatic carbocycles. The number of carbonyl (C=O) groups is 2. The number of hydrogen-bond donors (Lipinski definition) is 2. The van der Waals surface area contributed by atoms with Crippen molar-refractivity contribution < 1.29 is 19.1 Å². The van der Waals surface area contributed by atoms with Crippen LogP contribution < -0.4 is 14.8 Å². The van der Waals surface area contributed by atoms with Crippen LogP contribution >= 0.6 is 11.8 Å². The van der Waals surface area contributed by atoms with E-state index in [1.807, 2.05) is 49.4 Å². The quantitative estimate of drug-likeness (QED) is 0.652. The smallest absolute Gasteiger partial charge is 0.286 e. The van der Waals surface area contributed by atoms with Crippen molar-refractivity contribution >= 4 is 33.8 Å². The van der Waals surface area contributed by atoms with E-state index in [1.54, 1.807) is 7.11 Å². The fourth-order valence-electron chi connectivity index (χ4n) is 3.19. The van der Waals surface area contributed by atoms with Crippen LogP contribution in [-0.2, 0) is 11.2 Å². The average Bonchev–Trinajstić information content (AvgIpc) is 3.25. The van der Waals surface area contributed by atoms with Gasteiger partial charge in [0.1, 0.15) is 17.6 Å². The van der Waals surface area contributed by atoms with Crippen LogP contribution in [-0.4, -0.2) is 28.5 Å². The molecule has 3 aromatic rings. The topological polar surface area (TPSA) is 80.4 Å². The Hall–Kier alpha value is -2.93. The van der Waals surface area contributed by atoms with Crippen molar-refractivity contribution in [3.05, 3.63) is 59.8 Å². The van der Waals surface area contributed by atoms with Crippen molar-refractivity contribution in [1.29, 1.82) is 0 Å². The second-order valence-corrected chi connectivity index (χ2v) is 7.84. The molecule has 0 spiro atoms. The van der Waals surface area contributed by atoms with Crippen LogP contribution in [0, 0.1) is 0 Å². The van der Waals surface area contributed by atoms with Crippen LogP contribution in [0.4, 0.5) is 4.79 Å². The Balaban J connectivity index is 1.42. The lowest BCUT2D eigenvalue weighted by atomic mass is 10.1. The molecular formula is C21H20N2O4S. The average molecular weight is 396 g/mol. The first-order chi connectivity index (χ1) is 13.5. The fourth-order valence-corrected chi connectivity index (χ4v) is 4.05. The molecule has 2 aromatic carbocycles. The van der Waals surface area contributed by atoms with Gasteiger partial charge in [0.15, 0.2) is 0 Å². The predicted octanol–water partition coefficient (Wildman–Crippen LogP) is 4.21. The molecule has 0 radical (unpaired) electrons. The van der Waals surface area contributed by atoms with Crippen LogP contribution in [0.3, 0.4) is 0 Å². The highest BCUT2D eigenvalue weighted by molar-refractivity contribution is 8.15. The molecule has 6 nitrogen and oxygen atoms in total. The summed E-state index contributed by atoms with van der Waals surface area (Å²) in [4.78, 5) is 26.3. The third-order valence-corrected chi connectivity index (χ3v) is 5.69. The van der Waals surface area contributed by atoms with Gasteiger partial charge in [0, 0.05) is 10.9 Å². The Kier molecular flexibility index (Phi) is 5.00. The molecule has 1 saturated heterocycles. The van der Waals surface area contributed by atoms with E-state index in [9.17, 15) is 9.59 Å². The van der Waals surface area contributed by atoms with Crippen molar-refractivity contribution in [3.63, 3.8) is 0 Å². The van der Waals surface area contributed by atoms with Crippen molar-refractivity contribution in [3.8, 4) is 11.5 Å². The third-order valence-electron chi connectivity index (χ3n) is 4.71. The number of aromatic amines is 1. The molecule has 28 heavy (non-hydrogen) atoms. The minimum Gasteiger partial charge on any atom is -0.497 e. The lowest BCUT2D eigenvalue weighted by Crippen LogP contribution is -2.25. The molecule has 2 N–H and O–H groups in total. The number of rotatable bonds is 6.